The summed E-state index contributed by atoms with van der Waals surface area (Å²) in [6.07, 6.45) is 0.415. The van der Waals surface area contributed by atoms with Crippen LogP contribution in [0.1, 0.15) is 11.5 Å². The Hall–Kier alpha value is -1.06. The highest BCUT2D eigenvalue weighted by Crippen LogP contribution is 2.33. The molecule has 3 rings (SSSR count). The highest BCUT2D eigenvalue weighted by atomic mass is 16.5. The second kappa shape index (κ2) is 3.83. The summed E-state index contributed by atoms with van der Waals surface area (Å²) in [5.74, 6) is 1.44. The van der Waals surface area contributed by atoms with Crippen LogP contribution in [0.3, 0.4) is 0 Å². The van der Waals surface area contributed by atoms with Gasteiger partial charge in [0.1, 0.15) is 5.75 Å². The van der Waals surface area contributed by atoms with Crippen LogP contribution < -0.4 is 10.1 Å². The fraction of sp³-hybridized carbons (Fsp3) is 0.500. The van der Waals surface area contributed by atoms with Crippen molar-refractivity contribution in [3.63, 3.8) is 0 Å². The number of hydrogen-bond donors (Lipinski definition) is 1. The molecular weight excluding hydrogens is 190 g/mol. The molecule has 3 nitrogen and oxygen atoms in total. The van der Waals surface area contributed by atoms with Crippen LogP contribution in [-0.2, 0) is 4.74 Å². The summed E-state index contributed by atoms with van der Waals surface area (Å²) in [6, 6.07) is 8.24. The van der Waals surface area contributed by atoms with Gasteiger partial charge in [-0.25, -0.2) is 0 Å². The second-order valence-electron chi connectivity index (χ2n) is 4.16. The van der Waals surface area contributed by atoms with Gasteiger partial charge in [-0.3, -0.25) is 0 Å². The first kappa shape index (κ1) is 9.19. The lowest BCUT2D eigenvalue weighted by Gasteiger charge is -2.28. The molecule has 1 aromatic rings. The minimum atomic E-state index is 0.415. The molecule has 0 spiro atoms. The number of hydrogen-bond acceptors (Lipinski definition) is 3. The minimum Gasteiger partial charge on any atom is -0.493 e. The van der Waals surface area contributed by atoms with Crippen LogP contribution in [0.5, 0.6) is 5.75 Å². The van der Waals surface area contributed by atoms with Crippen molar-refractivity contribution in [3.05, 3.63) is 29.8 Å². The SMILES string of the molecule is c1ccc2c(c1)OCC2COC1CNC1. The summed E-state index contributed by atoms with van der Waals surface area (Å²) in [7, 11) is 0. The third-order valence-corrected chi connectivity index (χ3v) is 3.08. The first-order valence-electron chi connectivity index (χ1n) is 5.47. The number of nitrogens with one attached hydrogen (secondary N) is 1. The Morgan fingerprint density at radius 2 is 2.20 bits per heavy atom. The molecule has 2 aliphatic rings. The largest absolute Gasteiger partial charge is 0.493 e. The molecule has 2 heterocycles. The molecule has 80 valence electrons. The van der Waals surface area contributed by atoms with Gasteiger partial charge >= 0.3 is 0 Å². The summed E-state index contributed by atoms with van der Waals surface area (Å²) in [5, 5.41) is 3.20. The average molecular weight is 205 g/mol. The van der Waals surface area contributed by atoms with Crippen molar-refractivity contribution in [3.8, 4) is 5.75 Å². The van der Waals surface area contributed by atoms with Crippen LogP contribution in [0.4, 0.5) is 0 Å². The van der Waals surface area contributed by atoms with Gasteiger partial charge in [0.15, 0.2) is 0 Å². The molecule has 0 aromatic heterocycles. The van der Waals surface area contributed by atoms with Crippen molar-refractivity contribution >= 4 is 0 Å². The standard InChI is InChI=1S/C12H15NO2/c1-2-4-12-11(3-1)9(8-15-12)7-14-10-5-13-6-10/h1-4,9-10,13H,5-8H2. The first-order valence-corrected chi connectivity index (χ1v) is 5.47. The van der Waals surface area contributed by atoms with E-state index in [0.717, 1.165) is 32.1 Å². The highest BCUT2D eigenvalue weighted by Gasteiger charge is 2.26. The van der Waals surface area contributed by atoms with Crippen molar-refractivity contribution in [2.75, 3.05) is 26.3 Å². The molecule has 3 heteroatoms. The van der Waals surface area contributed by atoms with E-state index in [2.05, 4.69) is 17.4 Å². The maximum absolute atomic E-state index is 5.78. The minimum absolute atomic E-state index is 0.415. The topological polar surface area (TPSA) is 30.5 Å². The number of para-hydroxylation sites is 1. The van der Waals surface area contributed by atoms with E-state index < -0.39 is 0 Å². The Bertz CT molecular complexity index is 349. The molecule has 1 fully saturated rings. The summed E-state index contributed by atoms with van der Waals surface area (Å²) < 4.78 is 11.4. The lowest BCUT2D eigenvalue weighted by molar-refractivity contribution is 0.00879. The van der Waals surface area contributed by atoms with Crippen molar-refractivity contribution in [1.29, 1.82) is 0 Å². The number of fused-ring (bicyclic) bond motifs is 1. The molecule has 1 N–H and O–H groups in total. The van der Waals surface area contributed by atoms with E-state index in [9.17, 15) is 0 Å². The number of ether oxygens (including phenoxy) is 2. The third-order valence-electron chi connectivity index (χ3n) is 3.08. The zero-order valence-electron chi connectivity index (χ0n) is 8.61. The van der Waals surface area contributed by atoms with Crippen LogP contribution in [0, 0.1) is 0 Å². The van der Waals surface area contributed by atoms with E-state index in [0.29, 0.717) is 12.0 Å². The van der Waals surface area contributed by atoms with Crippen LogP contribution in [0.15, 0.2) is 24.3 Å². The van der Waals surface area contributed by atoms with Crippen LogP contribution >= 0.6 is 0 Å². The van der Waals surface area contributed by atoms with E-state index in [1.54, 1.807) is 0 Å². The maximum Gasteiger partial charge on any atom is 0.123 e. The van der Waals surface area contributed by atoms with Crippen molar-refractivity contribution < 1.29 is 9.47 Å². The molecule has 1 aromatic carbocycles. The highest BCUT2D eigenvalue weighted by molar-refractivity contribution is 5.39. The van der Waals surface area contributed by atoms with E-state index in [1.165, 1.54) is 5.56 Å². The zero-order chi connectivity index (χ0) is 10.1. The molecule has 1 saturated heterocycles. The van der Waals surface area contributed by atoms with Crippen molar-refractivity contribution in [2.45, 2.75) is 12.0 Å². The summed E-state index contributed by atoms with van der Waals surface area (Å²) in [4.78, 5) is 0. The van der Waals surface area contributed by atoms with Crippen LogP contribution in [-0.4, -0.2) is 32.4 Å². The van der Waals surface area contributed by atoms with Gasteiger partial charge in [-0.15, -0.1) is 0 Å². The Morgan fingerprint density at radius 1 is 1.33 bits per heavy atom. The fourth-order valence-electron chi connectivity index (χ4n) is 2.00. The molecule has 0 radical (unpaired) electrons. The lowest BCUT2D eigenvalue weighted by atomic mass is 10.0. The average Bonchev–Trinajstić information content (AvgIpc) is 2.60. The van der Waals surface area contributed by atoms with Crippen LogP contribution in [0.25, 0.3) is 0 Å². The normalized spacial score (nSPS) is 24.4. The summed E-state index contributed by atoms with van der Waals surface area (Å²) in [5.41, 5.74) is 1.30. The Kier molecular flexibility index (Phi) is 2.35. The van der Waals surface area contributed by atoms with E-state index in [4.69, 9.17) is 9.47 Å². The van der Waals surface area contributed by atoms with Crippen molar-refractivity contribution in [1.82, 2.24) is 5.32 Å². The lowest BCUT2D eigenvalue weighted by Crippen LogP contribution is -2.48. The van der Waals surface area contributed by atoms with Gasteiger partial charge in [0, 0.05) is 24.6 Å². The summed E-state index contributed by atoms with van der Waals surface area (Å²) >= 11 is 0. The van der Waals surface area contributed by atoms with Gasteiger partial charge in [0.2, 0.25) is 0 Å². The smallest absolute Gasteiger partial charge is 0.123 e. The number of benzene rings is 1. The van der Waals surface area contributed by atoms with Gasteiger partial charge < -0.3 is 14.8 Å². The molecule has 0 amide bonds. The first-order chi connectivity index (χ1) is 7.43. The predicted molar refractivity (Wildman–Crippen MR) is 57.3 cm³/mol. The molecule has 1 unspecified atom stereocenters. The molecule has 0 aliphatic carbocycles. The van der Waals surface area contributed by atoms with E-state index in [1.807, 2.05) is 12.1 Å². The Morgan fingerprint density at radius 3 is 3.00 bits per heavy atom. The van der Waals surface area contributed by atoms with E-state index >= 15 is 0 Å². The number of rotatable bonds is 3. The van der Waals surface area contributed by atoms with Gasteiger partial charge in [-0.2, -0.15) is 0 Å². The zero-order valence-corrected chi connectivity index (χ0v) is 8.61. The molecule has 15 heavy (non-hydrogen) atoms. The maximum atomic E-state index is 5.78. The summed E-state index contributed by atoms with van der Waals surface area (Å²) in [6.45, 7) is 3.54. The van der Waals surface area contributed by atoms with Gasteiger partial charge in [-0.1, -0.05) is 18.2 Å². The molecule has 2 aliphatic heterocycles. The van der Waals surface area contributed by atoms with Gasteiger partial charge in [0.05, 0.1) is 19.3 Å². The Labute approximate surface area is 89.4 Å². The third kappa shape index (κ3) is 1.73. The van der Waals surface area contributed by atoms with Gasteiger partial charge in [0.25, 0.3) is 0 Å². The monoisotopic (exact) mass is 205 g/mol. The fourth-order valence-corrected chi connectivity index (χ4v) is 2.00. The molecule has 1 atom stereocenters. The van der Waals surface area contributed by atoms with E-state index in [-0.39, 0.29) is 0 Å². The van der Waals surface area contributed by atoms with Gasteiger partial charge in [-0.05, 0) is 6.07 Å². The molecule has 0 bridgehead atoms. The molecule has 0 saturated carbocycles. The quantitative estimate of drug-likeness (QED) is 0.803. The molecular formula is C12H15NO2. The Balaban J connectivity index is 1.63. The predicted octanol–water partition coefficient (Wildman–Crippen LogP) is 1.15. The van der Waals surface area contributed by atoms with Crippen molar-refractivity contribution in [2.24, 2.45) is 0 Å². The second-order valence-corrected chi connectivity index (χ2v) is 4.16. The van der Waals surface area contributed by atoms with Crippen LogP contribution in [0.2, 0.25) is 0 Å².